The first-order valence-corrected chi connectivity index (χ1v) is 11.0. The van der Waals surface area contributed by atoms with Crippen molar-refractivity contribution in [3.05, 3.63) is 99.5 Å². The van der Waals surface area contributed by atoms with Gasteiger partial charge in [0.05, 0.1) is 6.04 Å². The highest BCUT2D eigenvalue weighted by Gasteiger charge is 2.34. The fourth-order valence-electron chi connectivity index (χ4n) is 4.54. The highest BCUT2D eigenvalue weighted by Crippen LogP contribution is 2.39. The smallest absolute Gasteiger partial charge is 0.322 e. The van der Waals surface area contributed by atoms with Crippen LogP contribution in [0.25, 0.3) is 10.9 Å². The first kappa shape index (κ1) is 20.6. The van der Waals surface area contributed by atoms with Crippen LogP contribution in [0.4, 0.5) is 14.9 Å². The number of urea groups is 1. The van der Waals surface area contributed by atoms with Gasteiger partial charge in [-0.3, -0.25) is 0 Å². The summed E-state index contributed by atoms with van der Waals surface area (Å²) in [6, 6.07) is 17.4. The Kier molecular flexibility index (Phi) is 5.14. The Morgan fingerprint density at radius 3 is 2.69 bits per heavy atom. The number of aromatic nitrogens is 1. The van der Waals surface area contributed by atoms with Gasteiger partial charge in [-0.1, -0.05) is 35.9 Å². The van der Waals surface area contributed by atoms with Gasteiger partial charge in [-0.2, -0.15) is 0 Å². The highest BCUT2D eigenvalue weighted by atomic mass is 35.5. The minimum Gasteiger partial charge on any atom is -0.356 e. The number of carbonyl (C=O) groups excluding carboxylic acids is 1. The molecule has 0 fully saturated rings. The fourth-order valence-corrected chi connectivity index (χ4v) is 4.72. The Morgan fingerprint density at radius 1 is 1.12 bits per heavy atom. The van der Waals surface area contributed by atoms with Crippen molar-refractivity contribution < 1.29 is 9.18 Å². The lowest BCUT2D eigenvalue weighted by atomic mass is 9.92. The zero-order chi connectivity index (χ0) is 22.4. The van der Waals surface area contributed by atoms with E-state index in [0.717, 1.165) is 44.5 Å². The Hall–Kier alpha value is -3.31. The van der Waals surface area contributed by atoms with Gasteiger partial charge in [-0.05, 0) is 78.9 Å². The number of anilines is 1. The summed E-state index contributed by atoms with van der Waals surface area (Å²) >= 11 is 6.26. The van der Waals surface area contributed by atoms with Gasteiger partial charge in [-0.25, -0.2) is 9.18 Å². The van der Waals surface area contributed by atoms with E-state index < -0.39 is 0 Å². The molecule has 32 heavy (non-hydrogen) atoms. The van der Waals surface area contributed by atoms with Gasteiger partial charge in [0.1, 0.15) is 5.82 Å². The molecule has 1 aromatic heterocycles. The number of halogens is 2. The van der Waals surface area contributed by atoms with Crippen molar-refractivity contribution in [3.8, 4) is 0 Å². The van der Waals surface area contributed by atoms with E-state index in [-0.39, 0.29) is 17.9 Å². The van der Waals surface area contributed by atoms with Gasteiger partial charge < -0.3 is 15.2 Å². The molecule has 1 aliphatic heterocycles. The third-order valence-electron chi connectivity index (χ3n) is 6.38. The molecule has 6 heteroatoms. The molecule has 0 spiro atoms. The van der Waals surface area contributed by atoms with Gasteiger partial charge >= 0.3 is 6.03 Å². The molecule has 3 aromatic carbocycles. The molecule has 4 nitrogen and oxygen atoms in total. The van der Waals surface area contributed by atoms with Crippen LogP contribution < -0.4 is 5.32 Å². The number of fused-ring (bicyclic) bond motifs is 3. The fraction of sp³-hybridized carbons (Fsp3) is 0.192. The van der Waals surface area contributed by atoms with Crippen molar-refractivity contribution in [2.24, 2.45) is 0 Å². The summed E-state index contributed by atoms with van der Waals surface area (Å²) < 4.78 is 13.7. The van der Waals surface area contributed by atoms with Crippen LogP contribution in [0, 0.1) is 19.7 Å². The van der Waals surface area contributed by atoms with Gasteiger partial charge in [0.15, 0.2) is 0 Å². The third-order valence-corrected chi connectivity index (χ3v) is 6.62. The molecule has 0 radical (unpaired) electrons. The molecule has 1 atom stereocenters. The molecule has 0 aliphatic carbocycles. The summed E-state index contributed by atoms with van der Waals surface area (Å²) in [6.45, 7) is 4.55. The second kappa shape index (κ2) is 7.99. The van der Waals surface area contributed by atoms with E-state index in [1.54, 1.807) is 12.1 Å². The van der Waals surface area contributed by atoms with E-state index in [1.807, 2.05) is 55.1 Å². The third kappa shape index (κ3) is 3.53. The Morgan fingerprint density at radius 2 is 1.91 bits per heavy atom. The van der Waals surface area contributed by atoms with Crippen molar-refractivity contribution in [1.29, 1.82) is 0 Å². The number of hydrogen-bond acceptors (Lipinski definition) is 1. The zero-order valence-electron chi connectivity index (χ0n) is 17.9. The highest BCUT2D eigenvalue weighted by molar-refractivity contribution is 6.31. The number of benzene rings is 3. The minimum atomic E-state index is -0.365. The van der Waals surface area contributed by atoms with Crippen molar-refractivity contribution in [1.82, 2.24) is 9.88 Å². The molecule has 2 heterocycles. The van der Waals surface area contributed by atoms with Crippen LogP contribution in [-0.2, 0) is 6.42 Å². The van der Waals surface area contributed by atoms with Gasteiger partial charge in [0.25, 0.3) is 0 Å². The number of rotatable bonds is 2. The molecule has 4 aromatic rings. The molecule has 0 saturated carbocycles. The number of nitrogens with zero attached hydrogens (tertiary/aromatic N) is 1. The topological polar surface area (TPSA) is 48.1 Å². The van der Waals surface area contributed by atoms with Crippen LogP contribution >= 0.6 is 11.6 Å². The van der Waals surface area contributed by atoms with Gasteiger partial charge in [0, 0.05) is 33.9 Å². The van der Waals surface area contributed by atoms with Crippen LogP contribution in [0.1, 0.15) is 34.0 Å². The molecular formula is C26H23ClFN3O. The van der Waals surface area contributed by atoms with Crippen LogP contribution in [0.5, 0.6) is 0 Å². The van der Waals surface area contributed by atoms with Crippen molar-refractivity contribution in [2.75, 3.05) is 11.9 Å². The first-order valence-electron chi connectivity index (χ1n) is 10.6. The number of hydrogen-bond donors (Lipinski definition) is 2. The maximum atomic E-state index is 13.7. The molecule has 2 amide bonds. The number of aryl methyl sites for hydroxylation is 1. The predicted molar refractivity (Wildman–Crippen MR) is 127 cm³/mol. The Balaban J connectivity index is 1.59. The molecule has 5 rings (SSSR count). The lowest BCUT2D eigenvalue weighted by molar-refractivity contribution is 0.193. The maximum absolute atomic E-state index is 13.7. The molecule has 0 bridgehead atoms. The predicted octanol–water partition coefficient (Wildman–Crippen LogP) is 6.76. The summed E-state index contributed by atoms with van der Waals surface area (Å²) in [5.41, 5.74) is 6.86. The zero-order valence-corrected chi connectivity index (χ0v) is 18.6. The summed E-state index contributed by atoms with van der Waals surface area (Å²) in [7, 11) is 0. The first-order chi connectivity index (χ1) is 15.4. The summed E-state index contributed by atoms with van der Waals surface area (Å²) in [6.07, 6.45) is 0.702. The lowest BCUT2D eigenvalue weighted by Crippen LogP contribution is -2.43. The SMILES string of the molecule is Cc1cccc(NC(=O)N2CCc3c([nH]c4ccc(Cl)cc34)[C@H]2c2ccc(F)cc2)c1C. The number of nitrogens with one attached hydrogen (secondary N) is 2. The van der Waals surface area contributed by atoms with Gasteiger partial charge in [-0.15, -0.1) is 0 Å². The largest absolute Gasteiger partial charge is 0.356 e. The number of H-pyrrole nitrogens is 1. The number of carbonyl (C=O) groups is 1. The van der Waals surface area contributed by atoms with Crippen LogP contribution in [0.15, 0.2) is 60.7 Å². The normalized spacial score (nSPS) is 15.6. The lowest BCUT2D eigenvalue weighted by Gasteiger charge is -2.36. The van der Waals surface area contributed by atoms with E-state index in [1.165, 1.54) is 12.1 Å². The van der Waals surface area contributed by atoms with Crippen LogP contribution in [0.2, 0.25) is 5.02 Å². The van der Waals surface area contributed by atoms with Crippen molar-refractivity contribution in [2.45, 2.75) is 26.3 Å². The van der Waals surface area contributed by atoms with Crippen molar-refractivity contribution >= 4 is 34.2 Å². The quantitative estimate of drug-likeness (QED) is 0.350. The monoisotopic (exact) mass is 447 g/mol. The average Bonchev–Trinajstić information content (AvgIpc) is 3.15. The maximum Gasteiger partial charge on any atom is 0.322 e. The van der Waals surface area contributed by atoms with E-state index in [0.29, 0.717) is 18.0 Å². The van der Waals surface area contributed by atoms with Gasteiger partial charge in [0.2, 0.25) is 0 Å². The van der Waals surface area contributed by atoms with E-state index in [9.17, 15) is 9.18 Å². The number of aromatic amines is 1. The molecular weight excluding hydrogens is 425 g/mol. The van der Waals surface area contributed by atoms with E-state index >= 15 is 0 Å². The van der Waals surface area contributed by atoms with Crippen LogP contribution in [0.3, 0.4) is 0 Å². The second-order valence-electron chi connectivity index (χ2n) is 8.28. The Bertz CT molecular complexity index is 1330. The average molecular weight is 448 g/mol. The Labute approximate surface area is 191 Å². The summed E-state index contributed by atoms with van der Waals surface area (Å²) in [5, 5.41) is 4.82. The molecule has 0 saturated heterocycles. The summed E-state index contributed by atoms with van der Waals surface area (Å²) in [4.78, 5) is 18.8. The van der Waals surface area contributed by atoms with E-state index in [2.05, 4.69) is 10.3 Å². The molecule has 0 unspecified atom stereocenters. The molecule has 1 aliphatic rings. The van der Waals surface area contributed by atoms with Crippen LogP contribution in [-0.4, -0.2) is 22.5 Å². The standard InChI is InChI=1S/C26H23ClFN3O/c1-15-4-3-5-22(16(15)2)30-26(32)31-13-12-20-21-14-18(27)8-11-23(21)29-24(20)25(31)17-6-9-19(28)10-7-17/h3-11,14,25,29H,12-13H2,1-2H3,(H,30,32)/t25-/m1/s1. The minimum absolute atomic E-state index is 0.185. The van der Waals surface area contributed by atoms with E-state index in [4.69, 9.17) is 11.6 Å². The molecule has 2 N–H and O–H groups in total. The number of amides is 2. The summed E-state index contributed by atoms with van der Waals surface area (Å²) in [5.74, 6) is -0.306. The van der Waals surface area contributed by atoms with Crippen molar-refractivity contribution in [3.63, 3.8) is 0 Å². The molecule has 162 valence electrons. The second-order valence-corrected chi connectivity index (χ2v) is 8.72.